The standard InChI is InChI=1S/C18H15N3O6S/c1-10-6-8-11(9-7-10)28(26,27)21-13-5-3-2-4-12(13)16-19-14(18(24)25)15(22)17(23)20-16/h2-9,21-22H,1H3,(H,24,25)(H,19,20,23). The van der Waals surface area contributed by atoms with Gasteiger partial charge in [-0.15, -0.1) is 0 Å². The summed E-state index contributed by atoms with van der Waals surface area (Å²) in [6, 6.07) is 12.2. The number of para-hydroxylation sites is 1. The van der Waals surface area contributed by atoms with E-state index in [4.69, 9.17) is 5.11 Å². The summed E-state index contributed by atoms with van der Waals surface area (Å²) in [6.45, 7) is 1.83. The van der Waals surface area contributed by atoms with Gasteiger partial charge in [0.25, 0.3) is 15.6 Å². The van der Waals surface area contributed by atoms with E-state index in [-0.39, 0.29) is 22.0 Å². The number of hydrogen-bond acceptors (Lipinski definition) is 6. The fourth-order valence-corrected chi connectivity index (χ4v) is 3.52. The number of H-pyrrole nitrogens is 1. The first kappa shape index (κ1) is 19.1. The molecule has 0 unspecified atom stereocenters. The molecular formula is C18H15N3O6S. The Labute approximate surface area is 159 Å². The molecule has 1 aromatic heterocycles. The summed E-state index contributed by atoms with van der Waals surface area (Å²) in [5.74, 6) is -2.83. The van der Waals surface area contributed by atoms with E-state index in [1.54, 1.807) is 24.3 Å². The van der Waals surface area contributed by atoms with Gasteiger partial charge in [-0.25, -0.2) is 18.2 Å². The summed E-state index contributed by atoms with van der Waals surface area (Å²) in [5, 5.41) is 18.7. The van der Waals surface area contributed by atoms with Crippen molar-refractivity contribution in [3.05, 3.63) is 70.1 Å². The van der Waals surface area contributed by atoms with Gasteiger partial charge < -0.3 is 15.2 Å². The number of aromatic nitrogens is 2. The van der Waals surface area contributed by atoms with Gasteiger partial charge in [-0.05, 0) is 31.2 Å². The average Bonchev–Trinajstić information content (AvgIpc) is 2.64. The molecule has 0 saturated heterocycles. The van der Waals surface area contributed by atoms with Crippen LogP contribution in [0.2, 0.25) is 0 Å². The molecule has 10 heteroatoms. The number of aromatic carboxylic acids is 1. The maximum Gasteiger partial charge on any atom is 0.358 e. The molecule has 0 saturated carbocycles. The molecular weight excluding hydrogens is 386 g/mol. The van der Waals surface area contributed by atoms with E-state index in [0.717, 1.165) is 5.56 Å². The van der Waals surface area contributed by atoms with Crippen molar-refractivity contribution in [1.29, 1.82) is 0 Å². The van der Waals surface area contributed by atoms with Crippen molar-refractivity contribution < 1.29 is 23.4 Å². The molecule has 0 amide bonds. The van der Waals surface area contributed by atoms with Crippen LogP contribution in [0.15, 0.2) is 58.2 Å². The number of carboxylic acid groups (broad SMARTS) is 1. The van der Waals surface area contributed by atoms with Gasteiger partial charge in [0.1, 0.15) is 5.82 Å². The fourth-order valence-electron chi connectivity index (χ4n) is 2.44. The lowest BCUT2D eigenvalue weighted by molar-refractivity contribution is 0.0686. The molecule has 4 N–H and O–H groups in total. The Morgan fingerprint density at radius 1 is 1.11 bits per heavy atom. The third-order valence-corrected chi connectivity index (χ3v) is 5.24. The van der Waals surface area contributed by atoms with Crippen molar-refractivity contribution in [2.45, 2.75) is 11.8 Å². The lowest BCUT2D eigenvalue weighted by atomic mass is 10.1. The topological polar surface area (TPSA) is 149 Å². The highest BCUT2D eigenvalue weighted by atomic mass is 32.2. The minimum atomic E-state index is -3.94. The molecule has 0 atom stereocenters. The zero-order chi connectivity index (χ0) is 20.5. The summed E-state index contributed by atoms with van der Waals surface area (Å²) in [4.78, 5) is 29.1. The van der Waals surface area contributed by atoms with Crippen molar-refractivity contribution in [3.63, 3.8) is 0 Å². The number of aromatic hydroxyl groups is 1. The minimum Gasteiger partial charge on any atom is -0.501 e. The summed E-state index contributed by atoms with van der Waals surface area (Å²) >= 11 is 0. The Kier molecular flexibility index (Phi) is 4.89. The highest BCUT2D eigenvalue weighted by molar-refractivity contribution is 7.92. The van der Waals surface area contributed by atoms with Gasteiger partial charge in [-0.3, -0.25) is 9.52 Å². The molecule has 0 aliphatic carbocycles. The van der Waals surface area contributed by atoms with E-state index >= 15 is 0 Å². The van der Waals surface area contributed by atoms with Gasteiger partial charge in [0.05, 0.1) is 10.6 Å². The van der Waals surface area contributed by atoms with Crippen LogP contribution in [-0.2, 0) is 10.0 Å². The van der Waals surface area contributed by atoms with Crippen LogP contribution < -0.4 is 10.3 Å². The molecule has 144 valence electrons. The number of sulfonamides is 1. The second kappa shape index (κ2) is 7.16. The number of carbonyl (C=O) groups is 1. The first-order valence-electron chi connectivity index (χ1n) is 7.94. The predicted molar refractivity (Wildman–Crippen MR) is 101 cm³/mol. The normalized spacial score (nSPS) is 11.2. The Morgan fingerprint density at radius 3 is 2.39 bits per heavy atom. The smallest absolute Gasteiger partial charge is 0.358 e. The van der Waals surface area contributed by atoms with Crippen molar-refractivity contribution in [3.8, 4) is 17.1 Å². The van der Waals surface area contributed by atoms with Crippen LogP contribution in [-0.4, -0.2) is 34.6 Å². The Morgan fingerprint density at radius 2 is 1.75 bits per heavy atom. The molecule has 0 fully saturated rings. The third-order valence-electron chi connectivity index (χ3n) is 3.86. The quantitative estimate of drug-likeness (QED) is 0.510. The lowest BCUT2D eigenvalue weighted by Crippen LogP contribution is -2.17. The second-order valence-corrected chi connectivity index (χ2v) is 7.56. The van der Waals surface area contributed by atoms with Crippen molar-refractivity contribution in [2.24, 2.45) is 0 Å². The van der Waals surface area contributed by atoms with Crippen LogP contribution in [0.4, 0.5) is 5.69 Å². The van der Waals surface area contributed by atoms with Gasteiger partial charge in [0.15, 0.2) is 5.69 Å². The molecule has 0 spiro atoms. The minimum absolute atomic E-state index is 0.0336. The van der Waals surface area contributed by atoms with Crippen LogP contribution in [0.5, 0.6) is 5.75 Å². The second-order valence-electron chi connectivity index (χ2n) is 5.88. The van der Waals surface area contributed by atoms with E-state index in [9.17, 15) is 23.1 Å². The highest BCUT2D eigenvalue weighted by Gasteiger charge is 2.21. The zero-order valence-corrected chi connectivity index (χ0v) is 15.3. The number of hydrogen-bond donors (Lipinski definition) is 4. The van der Waals surface area contributed by atoms with Gasteiger partial charge in [0.2, 0.25) is 5.75 Å². The molecule has 1 heterocycles. The number of rotatable bonds is 5. The van der Waals surface area contributed by atoms with Gasteiger partial charge in [-0.1, -0.05) is 29.8 Å². The summed E-state index contributed by atoms with van der Waals surface area (Å²) in [7, 11) is -3.94. The molecule has 3 aromatic rings. The van der Waals surface area contributed by atoms with Crippen LogP contribution >= 0.6 is 0 Å². The molecule has 0 radical (unpaired) electrons. The molecule has 2 aromatic carbocycles. The van der Waals surface area contributed by atoms with E-state index in [0.29, 0.717) is 0 Å². The number of carboxylic acids is 1. The number of aromatic amines is 1. The molecule has 3 rings (SSSR count). The van der Waals surface area contributed by atoms with Crippen LogP contribution in [0.3, 0.4) is 0 Å². The fraction of sp³-hybridized carbons (Fsp3) is 0.0556. The molecule has 0 aliphatic heterocycles. The predicted octanol–water partition coefficient (Wildman–Crippen LogP) is 1.95. The third kappa shape index (κ3) is 3.71. The van der Waals surface area contributed by atoms with Crippen molar-refractivity contribution in [2.75, 3.05) is 4.72 Å². The zero-order valence-electron chi connectivity index (χ0n) is 14.5. The Hall–Kier alpha value is -3.66. The van der Waals surface area contributed by atoms with Crippen molar-refractivity contribution >= 4 is 21.7 Å². The first-order valence-corrected chi connectivity index (χ1v) is 9.43. The van der Waals surface area contributed by atoms with E-state index < -0.39 is 33.0 Å². The van der Waals surface area contributed by atoms with Gasteiger partial charge in [-0.2, -0.15) is 0 Å². The summed E-state index contributed by atoms with van der Waals surface area (Å²) < 4.78 is 27.7. The molecule has 0 bridgehead atoms. The van der Waals surface area contributed by atoms with Crippen LogP contribution in [0.25, 0.3) is 11.4 Å². The highest BCUT2D eigenvalue weighted by Crippen LogP contribution is 2.27. The van der Waals surface area contributed by atoms with Crippen LogP contribution in [0.1, 0.15) is 16.1 Å². The number of nitrogens with zero attached hydrogens (tertiary/aromatic N) is 1. The molecule has 9 nitrogen and oxygen atoms in total. The van der Waals surface area contributed by atoms with Gasteiger partial charge in [0, 0.05) is 5.56 Å². The maximum absolute atomic E-state index is 12.7. The average molecular weight is 401 g/mol. The molecule has 28 heavy (non-hydrogen) atoms. The first-order chi connectivity index (χ1) is 13.2. The number of nitrogens with one attached hydrogen (secondary N) is 2. The Balaban J connectivity index is 2.09. The molecule has 0 aliphatic rings. The van der Waals surface area contributed by atoms with Gasteiger partial charge >= 0.3 is 5.97 Å². The van der Waals surface area contributed by atoms with E-state index in [1.165, 1.54) is 24.3 Å². The maximum atomic E-state index is 12.7. The number of benzene rings is 2. The lowest BCUT2D eigenvalue weighted by Gasteiger charge is -2.13. The van der Waals surface area contributed by atoms with E-state index in [1.807, 2.05) is 6.92 Å². The van der Waals surface area contributed by atoms with E-state index in [2.05, 4.69) is 14.7 Å². The summed E-state index contributed by atoms with van der Waals surface area (Å²) in [5.41, 5.74) is -0.786. The van der Waals surface area contributed by atoms with Crippen molar-refractivity contribution in [1.82, 2.24) is 9.97 Å². The van der Waals surface area contributed by atoms with Crippen LogP contribution in [0, 0.1) is 6.92 Å². The SMILES string of the molecule is Cc1ccc(S(=O)(=O)Nc2ccccc2-c2nc(C(=O)O)c(O)c(=O)[nH]2)cc1. The summed E-state index contributed by atoms with van der Waals surface area (Å²) in [6.07, 6.45) is 0. The monoisotopic (exact) mass is 401 g/mol. The number of anilines is 1. The largest absolute Gasteiger partial charge is 0.501 e. The Bertz CT molecular complexity index is 1220. The number of aryl methyl sites for hydroxylation is 1.